The predicted molar refractivity (Wildman–Crippen MR) is 276 cm³/mol. The summed E-state index contributed by atoms with van der Waals surface area (Å²) in [5.74, 6) is 0. The first-order chi connectivity index (χ1) is 32.9. The van der Waals surface area contributed by atoms with E-state index in [2.05, 4.69) is 213 Å². The maximum Gasteiger partial charge on any atom is 3.00 e. The zero-order valence-electron chi connectivity index (χ0n) is 38.6. The molecule has 0 aliphatic carbocycles. The van der Waals surface area contributed by atoms with E-state index in [1.807, 2.05) is 36.8 Å². The summed E-state index contributed by atoms with van der Waals surface area (Å²) in [6.45, 7) is 6.31. The smallest absolute Gasteiger partial charge is 0.305 e. The Morgan fingerprint density at radius 2 is 0.779 bits per heavy atom. The molecule has 0 N–H and O–H groups in total. The molecule has 0 saturated carbocycles. The topological polar surface area (TPSA) is 38.7 Å². The van der Waals surface area contributed by atoms with Crippen LogP contribution in [0.25, 0.3) is 78.3 Å². The van der Waals surface area contributed by atoms with Crippen LogP contribution in [0, 0.1) is 39.0 Å². The van der Waals surface area contributed by atoms with Gasteiger partial charge in [0.2, 0.25) is 0 Å². The molecule has 3 nitrogen and oxygen atoms in total. The van der Waals surface area contributed by atoms with Crippen molar-refractivity contribution in [2.45, 2.75) is 46.5 Å². The van der Waals surface area contributed by atoms with Gasteiger partial charge in [-0.25, -0.2) is 0 Å². The fraction of sp³-hybridized carbons (Fsp3) is 0.109. The van der Waals surface area contributed by atoms with Crippen molar-refractivity contribution in [2.75, 3.05) is 0 Å². The first-order valence-corrected chi connectivity index (χ1v) is 23.1. The Hall–Kier alpha value is -7.36. The van der Waals surface area contributed by atoms with Gasteiger partial charge in [-0.3, -0.25) is 0 Å². The van der Waals surface area contributed by atoms with Crippen LogP contribution in [0.3, 0.4) is 0 Å². The van der Waals surface area contributed by atoms with E-state index in [0.29, 0.717) is 0 Å². The molecular formula is C64H50IrN3. The van der Waals surface area contributed by atoms with E-state index in [-0.39, 0.29) is 20.1 Å². The Balaban J connectivity index is 0.00000578. The summed E-state index contributed by atoms with van der Waals surface area (Å²) >= 11 is 0. The summed E-state index contributed by atoms with van der Waals surface area (Å²) in [4.78, 5) is 13.9. The van der Waals surface area contributed by atoms with E-state index in [1.54, 1.807) is 0 Å². The van der Waals surface area contributed by atoms with Gasteiger partial charge < -0.3 is 15.0 Å². The number of rotatable bonds is 13. The first-order valence-electron chi connectivity index (χ1n) is 23.1. The molecule has 0 aliphatic heterocycles. The van der Waals surface area contributed by atoms with Crippen LogP contribution in [-0.2, 0) is 45.8 Å². The molecule has 10 rings (SSSR count). The summed E-state index contributed by atoms with van der Waals surface area (Å²) < 4.78 is 0. The quantitative estimate of drug-likeness (QED) is 0.108. The van der Waals surface area contributed by atoms with Crippen molar-refractivity contribution < 1.29 is 20.1 Å². The minimum atomic E-state index is 0. The van der Waals surface area contributed by atoms with Gasteiger partial charge in [0.05, 0.1) is 0 Å². The minimum Gasteiger partial charge on any atom is -0.305 e. The van der Waals surface area contributed by atoms with Gasteiger partial charge in [-0.1, -0.05) is 161 Å². The number of aromatic nitrogens is 3. The Morgan fingerprint density at radius 1 is 0.324 bits per heavy atom. The van der Waals surface area contributed by atoms with E-state index in [4.69, 9.17) is 4.98 Å². The van der Waals surface area contributed by atoms with Gasteiger partial charge in [0.1, 0.15) is 0 Å². The molecule has 0 bridgehead atoms. The summed E-state index contributed by atoms with van der Waals surface area (Å²) in [6, 6.07) is 76.2. The molecular weight excluding hydrogens is 1000 g/mol. The molecule has 0 saturated heterocycles. The standard InChI is InChI=1S/C64H50N3.Ir/c1-44-31-34-65-62(37-44)54-21-17-47(18-22-54)13-15-49-40-50(16-14-48-19-23-55(24-20-48)63-38-45(2)32-35-66-63)42-57(41-49)58-11-7-8-12-59(58)60-30-29-56(64-39-46(3)33-36-67-64)43-61(60)53-27-25-52(26-28-53)51-9-5-4-6-10-51;/h4-12,17-21,23,25-28,30-43H,13-16H2,1-3H3;/q-3;+3. The van der Waals surface area contributed by atoms with Crippen LogP contribution in [0.2, 0.25) is 0 Å². The monoisotopic (exact) mass is 1050 g/mol. The summed E-state index contributed by atoms with van der Waals surface area (Å²) in [5.41, 5.74) is 23.9. The average molecular weight is 1050 g/mol. The molecule has 330 valence electrons. The second kappa shape index (κ2) is 21.1. The maximum absolute atomic E-state index is 4.77. The zero-order valence-corrected chi connectivity index (χ0v) is 41.0. The fourth-order valence-corrected chi connectivity index (χ4v) is 8.92. The molecule has 4 heteroatoms. The Labute approximate surface area is 415 Å². The van der Waals surface area contributed by atoms with Gasteiger partial charge in [0, 0.05) is 18.6 Å². The number of hydrogen-bond donors (Lipinski definition) is 0. The molecule has 10 aromatic rings. The molecule has 68 heavy (non-hydrogen) atoms. The molecule has 0 spiro atoms. The second-order valence-electron chi connectivity index (χ2n) is 17.6. The van der Waals surface area contributed by atoms with Crippen LogP contribution in [0.1, 0.15) is 38.9 Å². The second-order valence-corrected chi connectivity index (χ2v) is 17.6. The van der Waals surface area contributed by atoms with E-state index in [0.717, 1.165) is 81.7 Å². The van der Waals surface area contributed by atoms with Gasteiger partial charge >= 0.3 is 20.1 Å². The largest absolute Gasteiger partial charge is 3.00 e. The molecule has 0 radical (unpaired) electrons. The zero-order chi connectivity index (χ0) is 45.5. The Morgan fingerprint density at radius 3 is 1.29 bits per heavy atom. The first kappa shape index (κ1) is 45.8. The molecule has 0 atom stereocenters. The van der Waals surface area contributed by atoms with E-state index in [1.165, 1.54) is 61.2 Å². The third-order valence-electron chi connectivity index (χ3n) is 12.6. The number of pyridine rings is 3. The van der Waals surface area contributed by atoms with Gasteiger partial charge in [-0.15, -0.1) is 94.5 Å². The molecule has 0 amide bonds. The van der Waals surface area contributed by atoms with E-state index >= 15 is 0 Å². The molecule has 0 fully saturated rings. The van der Waals surface area contributed by atoms with Gasteiger partial charge in [-0.2, -0.15) is 0 Å². The summed E-state index contributed by atoms with van der Waals surface area (Å²) in [5, 5.41) is 0. The molecule has 7 aromatic carbocycles. The van der Waals surface area contributed by atoms with Crippen LogP contribution in [0.15, 0.2) is 201 Å². The van der Waals surface area contributed by atoms with Crippen molar-refractivity contribution in [1.29, 1.82) is 0 Å². The van der Waals surface area contributed by atoms with Crippen LogP contribution < -0.4 is 0 Å². The molecule has 0 unspecified atom stereocenters. The van der Waals surface area contributed by atoms with Crippen LogP contribution in [0.5, 0.6) is 0 Å². The van der Waals surface area contributed by atoms with Gasteiger partial charge in [0.15, 0.2) is 0 Å². The number of nitrogens with zero attached hydrogens (tertiary/aromatic N) is 3. The number of hydrogen-bond acceptors (Lipinski definition) is 3. The third-order valence-corrected chi connectivity index (χ3v) is 12.6. The van der Waals surface area contributed by atoms with Crippen molar-refractivity contribution >= 4 is 0 Å². The van der Waals surface area contributed by atoms with Crippen molar-refractivity contribution in [1.82, 2.24) is 15.0 Å². The Bertz CT molecular complexity index is 3190. The normalized spacial score (nSPS) is 11.0. The Kier molecular flexibility index (Phi) is 14.2. The van der Waals surface area contributed by atoms with Crippen molar-refractivity contribution in [3.8, 4) is 78.3 Å². The molecule has 0 aliphatic rings. The SMILES string of the molecule is Cc1ccnc(-c2[c-]cc(CCc3cc(CCc4c[c-]c(-c5cc(C)ccn5)cc4)cc(-c4ccccc4-c4c[c-]c(-c5cc(C)ccn5)cc4-c4ccc(-c5ccccc5)cc4)c3)cc2)c1.[Ir+3]. The summed E-state index contributed by atoms with van der Waals surface area (Å²) in [6.07, 6.45) is 9.22. The van der Waals surface area contributed by atoms with Crippen molar-refractivity contribution in [3.05, 3.63) is 258 Å². The maximum atomic E-state index is 4.77. The third kappa shape index (κ3) is 10.7. The van der Waals surface area contributed by atoms with Crippen LogP contribution >= 0.6 is 0 Å². The van der Waals surface area contributed by atoms with Gasteiger partial charge in [-0.05, 0) is 108 Å². The van der Waals surface area contributed by atoms with E-state index < -0.39 is 0 Å². The number of benzene rings is 7. The fourth-order valence-electron chi connectivity index (χ4n) is 8.92. The molecule has 3 aromatic heterocycles. The van der Waals surface area contributed by atoms with Crippen LogP contribution in [-0.4, -0.2) is 15.0 Å². The summed E-state index contributed by atoms with van der Waals surface area (Å²) in [7, 11) is 0. The molecule has 3 heterocycles. The average Bonchev–Trinajstić information content (AvgIpc) is 3.38. The van der Waals surface area contributed by atoms with Gasteiger partial charge in [0.25, 0.3) is 0 Å². The van der Waals surface area contributed by atoms with Crippen LogP contribution in [0.4, 0.5) is 0 Å². The number of aryl methyl sites for hydroxylation is 7. The predicted octanol–water partition coefficient (Wildman–Crippen LogP) is 15.4. The van der Waals surface area contributed by atoms with Crippen molar-refractivity contribution in [3.63, 3.8) is 0 Å². The van der Waals surface area contributed by atoms with E-state index in [9.17, 15) is 0 Å². The van der Waals surface area contributed by atoms with Crippen molar-refractivity contribution in [2.24, 2.45) is 0 Å². The minimum absolute atomic E-state index is 0.